The predicted octanol–water partition coefficient (Wildman–Crippen LogP) is -1.52. The number of hydrogen-bond donors (Lipinski definition) is 4. The molecule has 0 saturated carbocycles. The second-order valence-corrected chi connectivity index (χ2v) is 6.96. The molecule has 8 heteroatoms. The van der Waals surface area contributed by atoms with E-state index in [0.29, 0.717) is 17.8 Å². The van der Waals surface area contributed by atoms with Gasteiger partial charge in [-0.25, -0.2) is 0 Å². The Labute approximate surface area is 190 Å². The van der Waals surface area contributed by atoms with Crippen LogP contribution in [0.25, 0.3) is 0 Å². The molecule has 168 valence electrons. The number of likely N-dealkylation sites (N-methyl/N-ethyl adjacent to an activating group) is 1. The number of quaternary nitrogens is 1. The van der Waals surface area contributed by atoms with Gasteiger partial charge in [-0.05, 0) is 56.2 Å². The Morgan fingerprint density at radius 3 is 2.10 bits per heavy atom. The zero-order valence-corrected chi connectivity index (χ0v) is 19.0. The largest absolute Gasteiger partial charge is 1.00 e. The Hall–Kier alpha value is -2.90. The zero-order chi connectivity index (χ0) is 21.9. The Balaban J connectivity index is 0.00000480. The summed E-state index contributed by atoms with van der Waals surface area (Å²) in [4.78, 5) is 37.8. The van der Waals surface area contributed by atoms with E-state index >= 15 is 0 Å². The van der Waals surface area contributed by atoms with Gasteiger partial charge in [0.1, 0.15) is 0 Å². The van der Waals surface area contributed by atoms with E-state index in [0.717, 1.165) is 37.3 Å². The summed E-state index contributed by atoms with van der Waals surface area (Å²) < 4.78 is 0. The molecule has 0 saturated heterocycles. The minimum absolute atomic E-state index is 0. The van der Waals surface area contributed by atoms with Crippen LogP contribution in [0, 0.1) is 0 Å². The van der Waals surface area contributed by atoms with Crippen molar-refractivity contribution in [1.29, 1.82) is 0 Å². The number of para-hydroxylation sites is 1. The number of amides is 3. The number of aryl methyl sites for hydroxylation is 1. The third-order valence-corrected chi connectivity index (χ3v) is 5.02. The molecular weight excluding hydrogens is 416 g/mol. The minimum atomic E-state index is -0.723. The Morgan fingerprint density at radius 2 is 1.48 bits per heavy atom. The first-order valence-corrected chi connectivity index (χ1v) is 10.4. The minimum Gasteiger partial charge on any atom is -1.00 e. The van der Waals surface area contributed by atoms with Gasteiger partial charge in [0.15, 0.2) is 0 Å². The third kappa shape index (κ3) is 8.03. The van der Waals surface area contributed by atoms with Gasteiger partial charge in [-0.2, -0.15) is 0 Å². The molecule has 2 aromatic rings. The van der Waals surface area contributed by atoms with Crippen LogP contribution in [0.5, 0.6) is 0 Å². The van der Waals surface area contributed by atoms with Gasteiger partial charge >= 0.3 is 11.8 Å². The molecule has 4 N–H and O–H groups in total. The number of hydrogen-bond acceptors (Lipinski definition) is 3. The topological polar surface area (TPSA) is 91.7 Å². The monoisotopic (exact) mass is 446 g/mol. The molecule has 0 heterocycles. The van der Waals surface area contributed by atoms with Crippen molar-refractivity contribution in [2.75, 3.05) is 36.8 Å². The standard InChI is InChI=1S/C23H30N4O3.ClH/c1-4-17-9-7-8-10-20(17)26-21(28)18-11-13-19(14-12-18)25-23(30)22(29)24-15-16-27(5-2)6-3;/h7-14H,4-6,15-16H2,1-3H3,(H,24,29)(H,25,30)(H,26,28);1H. The highest BCUT2D eigenvalue weighted by Crippen LogP contribution is 2.17. The van der Waals surface area contributed by atoms with Crippen LogP contribution in [-0.2, 0) is 16.0 Å². The highest BCUT2D eigenvalue weighted by atomic mass is 35.5. The van der Waals surface area contributed by atoms with Crippen LogP contribution >= 0.6 is 0 Å². The predicted molar refractivity (Wildman–Crippen MR) is 119 cm³/mol. The van der Waals surface area contributed by atoms with Crippen LogP contribution in [0.1, 0.15) is 36.7 Å². The molecule has 0 aliphatic heterocycles. The summed E-state index contributed by atoms with van der Waals surface area (Å²) in [6, 6.07) is 14.1. The summed E-state index contributed by atoms with van der Waals surface area (Å²) in [6.45, 7) is 9.37. The number of carbonyl (C=O) groups excluding carboxylic acids is 3. The number of benzene rings is 2. The third-order valence-electron chi connectivity index (χ3n) is 5.02. The highest BCUT2D eigenvalue weighted by molar-refractivity contribution is 6.39. The van der Waals surface area contributed by atoms with Gasteiger partial charge in [-0.15, -0.1) is 0 Å². The Morgan fingerprint density at radius 1 is 0.839 bits per heavy atom. The summed E-state index contributed by atoms with van der Waals surface area (Å²) in [5.41, 5.74) is 2.76. The first-order valence-electron chi connectivity index (χ1n) is 10.4. The summed E-state index contributed by atoms with van der Waals surface area (Å²) in [6.07, 6.45) is 0.819. The van der Waals surface area contributed by atoms with Gasteiger partial charge in [-0.1, -0.05) is 25.1 Å². The molecular formula is C23H31ClN4O3. The number of halogens is 1. The number of nitrogens with one attached hydrogen (secondary N) is 4. The van der Waals surface area contributed by atoms with Gasteiger partial charge in [-0.3, -0.25) is 14.4 Å². The number of carbonyl (C=O) groups is 3. The normalized spacial score (nSPS) is 10.2. The van der Waals surface area contributed by atoms with Crippen LogP contribution < -0.4 is 33.3 Å². The van der Waals surface area contributed by atoms with Crippen LogP contribution in [-0.4, -0.2) is 43.9 Å². The summed E-state index contributed by atoms with van der Waals surface area (Å²) >= 11 is 0. The lowest BCUT2D eigenvalue weighted by Gasteiger charge is -2.15. The SMILES string of the molecule is CCc1ccccc1NC(=O)c1ccc(NC(=O)C(=O)NCC[NH+](CC)CC)cc1.[Cl-]. The van der Waals surface area contributed by atoms with E-state index in [-0.39, 0.29) is 18.3 Å². The highest BCUT2D eigenvalue weighted by Gasteiger charge is 2.15. The summed E-state index contributed by atoms with van der Waals surface area (Å²) in [5.74, 6) is -1.62. The van der Waals surface area contributed by atoms with E-state index < -0.39 is 11.8 Å². The quantitative estimate of drug-likeness (QED) is 0.353. The maximum absolute atomic E-state index is 12.5. The van der Waals surface area contributed by atoms with Crippen LogP contribution in [0.15, 0.2) is 48.5 Å². The molecule has 0 aromatic heterocycles. The second kappa shape index (κ2) is 13.4. The fourth-order valence-corrected chi connectivity index (χ4v) is 3.07. The van der Waals surface area contributed by atoms with Crippen molar-refractivity contribution < 1.29 is 31.7 Å². The maximum atomic E-state index is 12.5. The lowest BCUT2D eigenvalue weighted by molar-refractivity contribution is -0.895. The molecule has 2 rings (SSSR count). The van der Waals surface area contributed by atoms with Gasteiger partial charge in [0.25, 0.3) is 5.91 Å². The van der Waals surface area contributed by atoms with Crippen molar-refractivity contribution in [3.8, 4) is 0 Å². The molecule has 2 aromatic carbocycles. The molecule has 0 aliphatic rings. The Bertz CT molecular complexity index is 867. The van der Waals surface area contributed by atoms with Crippen LogP contribution in [0.3, 0.4) is 0 Å². The Kier molecular flexibility index (Phi) is 11.3. The zero-order valence-electron chi connectivity index (χ0n) is 18.3. The van der Waals surface area contributed by atoms with Crippen molar-refractivity contribution in [2.24, 2.45) is 0 Å². The lowest BCUT2D eigenvalue weighted by atomic mass is 10.1. The lowest BCUT2D eigenvalue weighted by Crippen LogP contribution is -3.12. The molecule has 0 radical (unpaired) electrons. The van der Waals surface area contributed by atoms with Gasteiger partial charge in [0.05, 0.1) is 26.2 Å². The van der Waals surface area contributed by atoms with E-state index in [9.17, 15) is 14.4 Å². The van der Waals surface area contributed by atoms with Gasteiger partial charge < -0.3 is 33.3 Å². The first-order chi connectivity index (χ1) is 14.5. The van der Waals surface area contributed by atoms with Crippen LogP contribution in [0.4, 0.5) is 11.4 Å². The van der Waals surface area contributed by atoms with E-state index in [1.165, 1.54) is 4.90 Å². The van der Waals surface area contributed by atoms with Crippen molar-refractivity contribution in [3.63, 3.8) is 0 Å². The van der Waals surface area contributed by atoms with Gasteiger partial charge in [0, 0.05) is 16.9 Å². The molecule has 0 aliphatic carbocycles. The number of rotatable bonds is 9. The van der Waals surface area contributed by atoms with E-state index in [4.69, 9.17) is 0 Å². The van der Waals surface area contributed by atoms with Crippen molar-refractivity contribution in [3.05, 3.63) is 59.7 Å². The first kappa shape index (κ1) is 26.1. The second-order valence-electron chi connectivity index (χ2n) is 6.96. The molecule has 0 bridgehead atoms. The average Bonchev–Trinajstić information content (AvgIpc) is 2.77. The maximum Gasteiger partial charge on any atom is 0.313 e. The molecule has 0 spiro atoms. The van der Waals surface area contributed by atoms with Crippen molar-refractivity contribution in [1.82, 2.24) is 5.32 Å². The van der Waals surface area contributed by atoms with Crippen molar-refractivity contribution in [2.45, 2.75) is 27.2 Å². The molecule has 31 heavy (non-hydrogen) atoms. The summed E-state index contributed by atoms with van der Waals surface area (Å²) in [7, 11) is 0. The van der Waals surface area contributed by atoms with Gasteiger partial charge in [0.2, 0.25) is 0 Å². The molecule has 0 atom stereocenters. The average molecular weight is 447 g/mol. The molecule has 7 nitrogen and oxygen atoms in total. The van der Waals surface area contributed by atoms with E-state index in [1.54, 1.807) is 24.3 Å². The number of anilines is 2. The molecule has 3 amide bonds. The summed E-state index contributed by atoms with van der Waals surface area (Å²) in [5, 5.41) is 8.09. The molecule has 0 unspecified atom stereocenters. The smallest absolute Gasteiger partial charge is 0.313 e. The van der Waals surface area contributed by atoms with Crippen LogP contribution in [0.2, 0.25) is 0 Å². The fourth-order valence-electron chi connectivity index (χ4n) is 3.07. The fraction of sp³-hybridized carbons (Fsp3) is 0.348. The van der Waals surface area contributed by atoms with E-state index in [1.807, 2.05) is 31.2 Å². The van der Waals surface area contributed by atoms with E-state index in [2.05, 4.69) is 29.8 Å². The van der Waals surface area contributed by atoms with Crippen molar-refractivity contribution >= 4 is 29.1 Å². The molecule has 0 fully saturated rings.